The fourth-order valence-electron chi connectivity index (χ4n) is 4.13. The van der Waals surface area contributed by atoms with Crippen molar-refractivity contribution in [3.63, 3.8) is 0 Å². The lowest BCUT2D eigenvalue weighted by Gasteiger charge is -2.30. The summed E-state index contributed by atoms with van der Waals surface area (Å²) in [5.74, 6) is -12.3. The number of aliphatic hydroxyl groups excluding tert-OH is 1. The molecule has 1 heterocycles. The van der Waals surface area contributed by atoms with Gasteiger partial charge in [-0.2, -0.15) is 0 Å². The van der Waals surface area contributed by atoms with Crippen molar-refractivity contribution >= 4 is 17.9 Å². The summed E-state index contributed by atoms with van der Waals surface area (Å²) in [6.07, 6.45) is -6.13. The molecule has 4 atom stereocenters. The number of ether oxygens (including phenoxy) is 4. The number of aliphatic hydroxyl groups is 2. The summed E-state index contributed by atoms with van der Waals surface area (Å²) in [4.78, 5) is 38.1. The van der Waals surface area contributed by atoms with Gasteiger partial charge in [-0.25, -0.2) is 14.4 Å². The summed E-state index contributed by atoms with van der Waals surface area (Å²) in [6, 6.07) is 4.21. The van der Waals surface area contributed by atoms with Crippen molar-refractivity contribution in [2.45, 2.75) is 24.1 Å². The minimum absolute atomic E-state index is 0.477. The number of benzene rings is 3. The predicted molar refractivity (Wildman–Crippen MR) is 140 cm³/mol. The second kappa shape index (κ2) is 12.0. The number of rotatable bonds is 8. The van der Waals surface area contributed by atoms with Crippen LogP contribution in [0.4, 0.5) is 0 Å². The van der Waals surface area contributed by atoms with Gasteiger partial charge in [0.2, 0.25) is 0 Å². The zero-order valence-corrected chi connectivity index (χ0v) is 22.4. The van der Waals surface area contributed by atoms with E-state index in [0.29, 0.717) is 24.3 Å². The van der Waals surface area contributed by atoms with E-state index in [4.69, 9.17) is 18.9 Å². The van der Waals surface area contributed by atoms with Gasteiger partial charge in [-0.15, -0.1) is 0 Å². The van der Waals surface area contributed by atoms with Crippen LogP contribution in [-0.4, -0.2) is 111 Å². The lowest BCUT2D eigenvalue weighted by Crippen LogP contribution is -2.54. The highest BCUT2D eigenvalue weighted by Crippen LogP contribution is 2.39. The van der Waals surface area contributed by atoms with E-state index in [0.717, 1.165) is 12.1 Å². The number of esters is 3. The molecule has 0 aromatic heterocycles. The van der Waals surface area contributed by atoms with Gasteiger partial charge in [0, 0.05) is 0 Å². The van der Waals surface area contributed by atoms with E-state index < -0.39 is 124 Å². The molecule has 3 aromatic carbocycles. The number of phenols is 9. The van der Waals surface area contributed by atoms with Crippen LogP contribution in [0, 0.1) is 0 Å². The number of carbonyl (C=O) groups excluding carboxylic acids is 3. The highest BCUT2D eigenvalue weighted by molar-refractivity contribution is 5.92. The van der Waals surface area contributed by atoms with Crippen molar-refractivity contribution in [2.75, 3.05) is 13.2 Å². The second-order valence-electron chi connectivity index (χ2n) is 9.61. The Morgan fingerprint density at radius 1 is 0.622 bits per heavy atom. The van der Waals surface area contributed by atoms with Crippen molar-refractivity contribution in [1.82, 2.24) is 0 Å². The molecular weight excluding hydrogens is 612 g/mol. The minimum atomic E-state index is -2.83. The monoisotopic (exact) mass is 636 g/mol. The van der Waals surface area contributed by atoms with Crippen LogP contribution in [0.5, 0.6) is 51.7 Å². The van der Waals surface area contributed by atoms with Gasteiger partial charge in [0.1, 0.15) is 19.3 Å². The van der Waals surface area contributed by atoms with Gasteiger partial charge in [-0.1, -0.05) is 0 Å². The molecule has 1 saturated heterocycles. The molecule has 0 unspecified atom stereocenters. The van der Waals surface area contributed by atoms with Gasteiger partial charge < -0.3 is 75.1 Å². The maximum Gasteiger partial charge on any atom is 0.338 e. The van der Waals surface area contributed by atoms with Crippen LogP contribution in [0.1, 0.15) is 31.1 Å². The third kappa shape index (κ3) is 6.27. The van der Waals surface area contributed by atoms with Crippen molar-refractivity contribution < 1.29 is 89.5 Å². The van der Waals surface area contributed by atoms with Crippen LogP contribution in [-0.2, 0) is 18.9 Å². The van der Waals surface area contributed by atoms with Crippen molar-refractivity contribution in [3.05, 3.63) is 53.1 Å². The summed E-state index contributed by atoms with van der Waals surface area (Å²) in [5, 5.41) is 109. The molecule has 1 aliphatic rings. The Morgan fingerprint density at radius 3 is 1.38 bits per heavy atom. The highest BCUT2D eigenvalue weighted by atomic mass is 16.7. The molecule has 1 fully saturated rings. The Balaban J connectivity index is 1.60. The van der Waals surface area contributed by atoms with Crippen molar-refractivity contribution in [1.29, 1.82) is 0 Å². The summed E-state index contributed by atoms with van der Waals surface area (Å²) in [5.41, 5.74) is -4.44. The quantitative estimate of drug-likeness (QED) is 0.0860. The number of hydrogen-bond donors (Lipinski definition) is 11. The fraction of sp³-hybridized carbons (Fsp3) is 0.222. The first kappa shape index (κ1) is 32.1. The smallest absolute Gasteiger partial charge is 0.338 e. The van der Waals surface area contributed by atoms with Crippen LogP contribution in [0.15, 0.2) is 36.4 Å². The minimum Gasteiger partial charge on any atom is -0.504 e. The number of phenolic OH excluding ortho intramolecular Hbond substituents is 9. The van der Waals surface area contributed by atoms with E-state index in [-0.39, 0.29) is 0 Å². The largest absolute Gasteiger partial charge is 0.504 e. The molecular formula is C27H24O18. The maximum absolute atomic E-state index is 12.9. The average Bonchev–Trinajstić information content (AvgIpc) is 3.22. The molecule has 18 nitrogen and oxygen atoms in total. The van der Waals surface area contributed by atoms with Crippen molar-refractivity contribution in [2.24, 2.45) is 0 Å². The zero-order valence-electron chi connectivity index (χ0n) is 22.4. The van der Waals surface area contributed by atoms with E-state index in [2.05, 4.69) is 0 Å². The van der Waals surface area contributed by atoms with Crippen LogP contribution >= 0.6 is 0 Å². The maximum atomic E-state index is 12.9. The first-order valence-electron chi connectivity index (χ1n) is 12.4. The van der Waals surface area contributed by atoms with Gasteiger partial charge in [0.15, 0.2) is 69.7 Å². The molecule has 4 rings (SSSR count). The Kier molecular flexibility index (Phi) is 8.58. The topological polar surface area (TPSA) is 311 Å². The molecule has 240 valence electrons. The molecule has 0 aliphatic carbocycles. The number of hydrogen-bond acceptors (Lipinski definition) is 18. The molecule has 45 heavy (non-hydrogen) atoms. The third-order valence-corrected chi connectivity index (χ3v) is 6.53. The summed E-state index contributed by atoms with van der Waals surface area (Å²) in [6.45, 7) is -2.14. The normalized spacial score (nSPS) is 20.8. The Labute approximate surface area is 249 Å². The third-order valence-electron chi connectivity index (χ3n) is 6.53. The van der Waals surface area contributed by atoms with Crippen LogP contribution in [0.2, 0.25) is 0 Å². The van der Waals surface area contributed by atoms with Gasteiger partial charge in [-0.3, -0.25) is 0 Å². The summed E-state index contributed by atoms with van der Waals surface area (Å²) < 4.78 is 20.4. The Morgan fingerprint density at radius 2 is 0.978 bits per heavy atom. The molecule has 3 aromatic rings. The molecule has 18 heteroatoms. The standard InChI is InChI=1S/C27H24O18/c28-12-1-9(2-13(29)19(12)34)23(37)42-7-18-22(45-25(39)11-5-16(32)21(36)17(33)6-11)27(41,26(40)44-18)8-43-24(38)10-3-14(30)20(35)15(31)4-10/h1-6,18,22,26,28-36,40-41H,7-8H2/t18-,22-,26-,27-/m1/s1. The van der Waals surface area contributed by atoms with E-state index in [9.17, 15) is 70.6 Å². The van der Waals surface area contributed by atoms with E-state index in [1.54, 1.807) is 0 Å². The predicted octanol–water partition coefficient (Wildman–Crippen LogP) is -0.275. The van der Waals surface area contributed by atoms with Crippen LogP contribution < -0.4 is 0 Å². The first-order valence-corrected chi connectivity index (χ1v) is 12.4. The number of aromatic hydroxyl groups is 9. The second-order valence-corrected chi connectivity index (χ2v) is 9.61. The number of carbonyl (C=O) groups is 3. The van der Waals surface area contributed by atoms with Crippen molar-refractivity contribution in [3.8, 4) is 51.7 Å². The molecule has 0 spiro atoms. The molecule has 0 bridgehead atoms. The highest BCUT2D eigenvalue weighted by Gasteiger charge is 2.59. The van der Waals surface area contributed by atoms with Gasteiger partial charge in [-0.05, 0) is 36.4 Å². The summed E-state index contributed by atoms with van der Waals surface area (Å²) >= 11 is 0. The van der Waals surface area contributed by atoms with Gasteiger partial charge >= 0.3 is 17.9 Å². The average molecular weight is 636 g/mol. The fourth-order valence-corrected chi connectivity index (χ4v) is 4.13. The van der Waals surface area contributed by atoms with Gasteiger partial charge in [0.05, 0.1) is 16.7 Å². The van der Waals surface area contributed by atoms with E-state index >= 15 is 0 Å². The molecule has 0 radical (unpaired) electrons. The zero-order chi connectivity index (χ0) is 33.4. The van der Waals surface area contributed by atoms with E-state index in [1.165, 1.54) is 0 Å². The van der Waals surface area contributed by atoms with Gasteiger partial charge in [0.25, 0.3) is 0 Å². The molecule has 1 aliphatic heterocycles. The first-order chi connectivity index (χ1) is 21.0. The lowest BCUT2D eigenvalue weighted by molar-refractivity contribution is -0.191. The lowest BCUT2D eigenvalue weighted by atomic mass is 9.95. The molecule has 0 amide bonds. The van der Waals surface area contributed by atoms with Crippen LogP contribution in [0.3, 0.4) is 0 Å². The van der Waals surface area contributed by atoms with Crippen LogP contribution in [0.25, 0.3) is 0 Å². The molecule has 11 N–H and O–H groups in total. The Hall–Kier alpha value is -5.85. The molecule has 0 saturated carbocycles. The summed E-state index contributed by atoms with van der Waals surface area (Å²) in [7, 11) is 0. The van der Waals surface area contributed by atoms with E-state index in [1.807, 2.05) is 0 Å². The Bertz CT molecular complexity index is 1600. The SMILES string of the molecule is O=C(OC[C@H]1O[C@@H](O)[C@@](O)(COC(=O)c2cc(O)c(O)c(O)c2)[C@@H]1OC(=O)c1cc(O)c(O)c(O)c1)c1cc(O)c(O)c(O)c1.